The predicted molar refractivity (Wildman–Crippen MR) is 53.3 cm³/mol. The molecule has 0 aliphatic heterocycles. The van der Waals surface area contributed by atoms with Gasteiger partial charge in [0.05, 0.1) is 0 Å². The van der Waals surface area contributed by atoms with Crippen LogP contribution in [0.25, 0.3) is 0 Å². The molecule has 0 fully saturated rings. The molecule has 0 aliphatic rings. The second-order valence-corrected chi connectivity index (χ2v) is 3.19. The molecule has 1 radical (unpaired) electrons. The SMILES string of the molecule is CCCc1c[c]ccc1CCC. The highest BCUT2D eigenvalue weighted by atomic mass is 14.0. The second-order valence-electron chi connectivity index (χ2n) is 3.19. The number of aryl methyl sites for hydroxylation is 2. The Labute approximate surface area is 75.6 Å². The lowest BCUT2D eigenvalue weighted by molar-refractivity contribution is 0.861. The lowest BCUT2D eigenvalue weighted by atomic mass is 10.00. The summed E-state index contributed by atoms with van der Waals surface area (Å²) in [5.74, 6) is 0. The van der Waals surface area contributed by atoms with Gasteiger partial charge in [0.2, 0.25) is 0 Å². The van der Waals surface area contributed by atoms with Crippen molar-refractivity contribution < 1.29 is 0 Å². The van der Waals surface area contributed by atoms with Crippen LogP contribution < -0.4 is 0 Å². The summed E-state index contributed by atoms with van der Waals surface area (Å²) >= 11 is 0. The van der Waals surface area contributed by atoms with Crippen molar-refractivity contribution in [3.05, 3.63) is 35.4 Å². The van der Waals surface area contributed by atoms with E-state index in [0.717, 1.165) is 0 Å². The van der Waals surface area contributed by atoms with Gasteiger partial charge in [-0.3, -0.25) is 0 Å². The molecule has 0 aliphatic carbocycles. The molecule has 0 spiro atoms. The molecule has 0 saturated carbocycles. The average Bonchev–Trinajstić information content (AvgIpc) is 2.09. The van der Waals surface area contributed by atoms with Crippen LogP contribution in [-0.2, 0) is 12.8 Å². The molecule has 0 aromatic heterocycles. The Morgan fingerprint density at radius 1 is 1.08 bits per heavy atom. The number of hydrogen-bond acceptors (Lipinski definition) is 0. The van der Waals surface area contributed by atoms with Gasteiger partial charge in [-0.15, -0.1) is 0 Å². The van der Waals surface area contributed by atoms with Crippen molar-refractivity contribution in [2.24, 2.45) is 0 Å². The van der Waals surface area contributed by atoms with Gasteiger partial charge >= 0.3 is 0 Å². The van der Waals surface area contributed by atoms with E-state index in [2.05, 4.69) is 32.0 Å². The van der Waals surface area contributed by atoms with Crippen LogP contribution in [0.3, 0.4) is 0 Å². The summed E-state index contributed by atoms with van der Waals surface area (Å²) in [6, 6.07) is 9.50. The van der Waals surface area contributed by atoms with Crippen molar-refractivity contribution in [1.82, 2.24) is 0 Å². The van der Waals surface area contributed by atoms with Gasteiger partial charge < -0.3 is 0 Å². The summed E-state index contributed by atoms with van der Waals surface area (Å²) in [5, 5.41) is 0. The Morgan fingerprint density at radius 3 is 2.42 bits per heavy atom. The molecule has 0 unspecified atom stereocenters. The maximum atomic E-state index is 3.14. The minimum absolute atomic E-state index is 1.20. The molecular formula is C12H17. The third kappa shape index (κ3) is 2.37. The van der Waals surface area contributed by atoms with Crippen LogP contribution in [-0.4, -0.2) is 0 Å². The van der Waals surface area contributed by atoms with Gasteiger partial charge in [-0.25, -0.2) is 0 Å². The topological polar surface area (TPSA) is 0 Å². The number of hydrogen-bond donors (Lipinski definition) is 0. The van der Waals surface area contributed by atoms with Crippen molar-refractivity contribution in [2.45, 2.75) is 39.5 Å². The molecule has 0 nitrogen and oxygen atoms in total. The maximum Gasteiger partial charge on any atom is -0.0181 e. The Balaban J connectivity index is 2.77. The van der Waals surface area contributed by atoms with Gasteiger partial charge in [0.15, 0.2) is 0 Å². The third-order valence-corrected chi connectivity index (χ3v) is 2.09. The van der Waals surface area contributed by atoms with E-state index in [-0.39, 0.29) is 0 Å². The molecule has 1 rings (SSSR count). The molecule has 0 amide bonds. The van der Waals surface area contributed by atoms with Gasteiger partial charge in [-0.05, 0) is 30.0 Å². The highest BCUT2D eigenvalue weighted by Crippen LogP contribution is 2.12. The van der Waals surface area contributed by atoms with Crippen LogP contribution in [0.15, 0.2) is 18.2 Å². The van der Waals surface area contributed by atoms with E-state index in [1.54, 1.807) is 0 Å². The van der Waals surface area contributed by atoms with Crippen molar-refractivity contribution >= 4 is 0 Å². The fourth-order valence-corrected chi connectivity index (χ4v) is 1.51. The van der Waals surface area contributed by atoms with E-state index in [1.807, 2.05) is 6.07 Å². The van der Waals surface area contributed by atoms with E-state index < -0.39 is 0 Å². The molecule has 12 heavy (non-hydrogen) atoms. The monoisotopic (exact) mass is 161 g/mol. The normalized spacial score (nSPS) is 10.2. The smallest absolute Gasteiger partial charge is 0.0181 e. The predicted octanol–water partition coefficient (Wildman–Crippen LogP) is 3.39. The van der Waals surface area contributed by atoms with E-state index >= 15 is 0 Å². The van der Waals surface area contributed by atoms with Gasteiger partial charge in [0.1, 0.15) is 0 Å². The van der Waals surface area contributed by atoms with Crippen LogP contribution in [0.5, 0.6) is 0 Å². The molecule has 1 aromatic rings. The Hall–Kier alpha value is -0.780. The van der Waals surface area contributed by atoms with Crippen LogP contribution in [0.1, 0.15) is 37.8 Å². The highest BCUT2D eigenvalue weighted by molar-refractivity contribution is 5.26. The first-order valence-electron chi connectivity index (χ1n) is 4.86. The first-order chi connectivity index (χ1) is 5.88. The summed E-state index contributed by atoms with van der Waals surface area (Å²) in [6.45, 7) is 4.45. The second kappa shape index (κ2) is 4.97. The Morgan fingerprint density at radius 2 is 1.75 bits per heavy atom. The zero-order chi connectivity index (χ0) is 8.81. The first kappa shape index (κ1) is 9.31. The fourth-order valence-electron chi connectivity index (χ4n) is 1.51. The summed E-state index contributed by atoms with van der Waals surface area (Å²) in [5.41, 5.74) is 3.00. The Kier molecular flexibility index (Phi) is 3.86. The summed E-state index contributed by atoms with van der Waals surface area (Å²) < 4.78 is 0. The number of benzene rings is 1. The van der Waals surface area contributed by atoms with E-state index in [0.29, 0.717) is 0 Å². The van der Waals surface area contributed by atoms with E-state index in [1.165, 1.54) is 36.8 Å². The lowest BCUT2D eigenvalue weighted by Gasteiger charge is -2.05. The van der Waals surface area contributed by atoms with Crippen LogP contribution >= 0.6 is 0 Å². The van der Waals surface area contributed by atoms with Gasteiger partial charge in [-0.1, -0.05) is 44.9 Å². The summed E-state index contributed by atoms with van der Waals surface area (Å²) in [4.78, 5) is 0. The largest absolute Gasteiger partial charge is 0.0651 e. The molecule has 65 valence electrons. The molecular weight excluding hydrogens is 144 g/mol. The first-order valence-corrected chi connectivity index (χ1v) is 4.86. The molecule has 0 atom stereocenters. The van der Waals surface area contributed by atoms with Crippen molar-refractivity contribution in [2.75, 3.05) is 0 Å². The third-order valence-electron chi connectivity index (χ3n) is 2.09. The summed E-state index contributed by atoms with van der Waals surface area (Å²) in [7, 11) is 0. The zero-order valence-electron chi connectivity index (χ0n) is 8.06. The van der Waals surface area contributed by atoms with E-state index in [9.17, 15) is 0 Å². The van der Waals surface area contributed by atoms with Crippen molar-refractivity contribution in [3.63, 3.8) is 0 Å². The molecule has 0 N–H and O–H groups in total. The standard InChI is InChI=1S/C12H17/c1-3-7-11-9-5-6-10-12(11)8-4-2/h5,9-10H,3-4,7-8H2,1-2H3. The average molecular weight is 161 g/mol. The quantitative estimate of drug-likeness (QED) is 0.635. The lowest BCUT2D eigenvalue weighted by Crippen LogP contribution is -1.92. The van der Waals surface area contributed by atoms with Gasteiger partial charge in [0, 0.05) is 0 Å². The fraction of sp³-hybridized carbons (Fsp3) is 0.500. The molecule has 0 heterocycles. The van der Waals surface area contributed by atoms with Crippen molar-refractivity contribution in [1.29, 1.82) is 0 Å². The van der Waals surface area contributed by atoms with Gasteiger partial charge in [0.25, 0.3) is 0 Å². The molecule has 0 saturated heterocycles. The zero-order valence-corrected chi connectivity index (χ0v) is 8.06. The molecule has 1 aromatic carbocycles. The minimum Gasteiger partial charge on any atom is -0.0651 e. The van der Waals surface area contributed by atoms with E-state index in [4.69, 9.17) is 0 Å². The maximum absolute atomic E-state index is 3.14. The van der Waals surface area contributed by atoms with Crippen LogP contribution in [0, 0.1) is 6.07 Å². The van der Waals surface area contributed by atoms with Crippen LogP contribution in [0.4, 0.5) is 0 Å². The summed E-state index contributed by atoms with van der Waals surface area (Å²) in [6.07, 6.45) is 4.88. The Bertz CT molecular complexity index is 200. The molecule has 0 heteroatoms. The van der Waals surface area contributed by atoms with Gasteiger partial charge in [-0.2, -0.15) is 0 Å². The number of rotatable bonds is 4. The minimum atomic E-state index is 1.20. The van der Waals surface area contributed by atoms with Crippen LogP contribution in [0.2, 0.25) is 0 Å². The molecule has 0 bridgehead atoms. The van der Waals surface area contributed by atoms with Crippen molar-refractivity contribution in [3.8, 4) is 0 Å². The highest BCUT2D eigenvalue weighted by Gasteiger charge is 1.98.